The molecule has 4 heterocycles. The topological polar surface area (TPSA) is 82.3 Å². The molecule has 7 nitrogen and oxygen atoms in total. The van der Waals surface area contributed by atoms with E-state index in [2.05, 4.69) is 20.1 Å². The van der Waals surface area contributed by atoms with E-state index in [1.54, 1.807) is 0 Å². The van der Waals surface area contributed by atoms with Gasteiger partial charge in [0.25, 0.3) is 5.95 Å². The number of fused-ring (bicyclic) bond motifs is 1. The van der Waals surface area contributed by atoms with Gasteiger partial charge in [0, 0.05) is 11.8 Å². The predicted molar refractivity (Wildman–Crippen MR) is 89.4 cm³/mol. The third-order valence-corrected chi connectivity index (χ3v) is 3.78. The monoisotopic (exact) mass is 385 g/mol. The van der Waals surface area contributed by atoms with Gasteiger partial charge in [0.1, 0.15) is 23.7 Å². The largest absolute Gasteiger partial charge is 0.451 e. The average molecular weight is 385 g/mol. The summed E-state index contributed by atoms with van der Waals surface area (Å²) in [5.74, 6) is -3.12. The van der Waals surface area contributed by atoms with Gasteiger partial charge in [-0.25, -0.2) is 23.3 Å². The zero-order valence-electron chi connectivity index (χ0n) is 14.0. The predicted octanol–water partition coefficient (Wildman–Crippen LogP) is 3.15. The molecule has 0 spiro atoms. The third-order valence-electron chi connectivity index (χ3n) is 3.78. The summed E-state index contributed by atoms with van der Waals surface area (Å²) in [4.78, 5) is 23.8. The molecule has 0 saturated heterocycles. The van der Waals surface area contributed by atoms with Crippen LogP contribution in [0.3, 0.4) is 0 Å². The van der Waals surface area contributed by atoms with E-state index in [9.17, 15) is 18.0 Å². The molecular weight excluding hydrogens is 375 g/mol. The molecule has 0 N–H and O–H groups in total. The minimum Gasteiger partial charge on any atom is -0.451 e. The van der Waals surface area contributed by atoms with E-state index < -0.39 is 23.3 Å². The number of ketones is 1. The summed E-state index contributed by atoms with van der Waals surface area (Å²) in [7, 11) is 0. The molecule has 0 unspecified atom stereocenters. The Hall–Kier alpha value is -3.82. The molecule has 28 heavy (non-hydrogen) atoms. The molecule has 0 atom stereocenters. The van der Waals surface area contributed by atoms with E-state index in [0.29, 0.717) is 11.9 Å². The summed E-state index contributed by atoms with van der Waals surface area (Å²) < 4.78 is 46.6. The van der Waals surface area contributed by atoms with Crippen LogP contribution in [0.5, 0.6) is 11.5 Å². The van der Waals surface area contributed by atoms with Gasteiger partial charge < -0.3 is 4.74 Å². The molecule has 0 aliphatic heterocycles. The van der Waals surface area contributed by atoms with Crippen molar-refractivity contribution in [2.24, 2.45) is 0 Å². The highest BCUT2D eigenvalue weighted by molar-refractivity contribution is 6.02. The molecule has 0 saturated carbocycles. The van der Waals surface area contributed by atoms with E-state index >= 15 is 0 Å². The number of nitrogens with zero attached hydrogens (tertiary/aromatic N) is 5. The van der Waals surface area contributed by atoms with Gasteiger partial charge in [0.05, 0.1) is 30.6 Å². The van der Waals surface area contributed by atoms with E-state index in [4.69, 9.17) is 4.74 Å². The molecule has 0 aromatic carbocycles. The number of carbonyl (C=O) groups excluding carboxylic acids is 1. The number of aromatic nitrogens is 5. The quantitative estimate of drug-likeness (QED) is 0.388. The molecule has 0 fully saturated rings. The molecule has 0 amide bonds. The fraction of sp³-hybridized carbons (Fsp3) is 0.0556. The first-order chi connectivity index (χ1) is 13.5. The number of rotatable bonds is 5. The maximum absolute atomic E-state index is 13.7. The van der Waals surface area contributed by atoms with Gasteiger partial charge in [0.15, 0.2) is 17.2 Å². The standard InChI is InChI=1S/C18H10F3N5O2/c19-10-1-2-12(22-6-10)4-15(27)14-5-13(8-26-18(14)24-9-25-26)28-16-3-11(20)7-23-17(16)21/h1-3,5-9H,4H2. The lowest BCUT2D eigenvalue weighted by Crippen LogP contribution is -2.08. The molecule has 4 rings (SSSR count). The van der Waals surface area contributed by atoms with E-state index in [0.717, 1.165) is 12.3 Å². The van der Waals surface area contributed by atoms with Crippen LogP contribution in [-0.2, 0) is 6.42 Å². The van der Waals surface area contributed by atoms with Gasteiger partial charge in [0.2, 0.25) is 0 Å². The van der Waals surface area contributed by atoms with Gasteiger partial charge in [-0.2, -0.15) is 9.49 Å². The van der Waals surface area contributed by atoms with Crippen molar-refractivity contribution < 1.29 is 22.7 Å². The Balaban J connectivity index is 1.69. The van der Waals surface area contributed by atoms with Crippen LogP contribution in [0.4, 0.5) is 13.2 Å². The number of halogens is 3. The van der Waals surface area contributed by atoms with Crippen LogP contribution >= 0.6 is 0 Å². The highest BCUT2D eigenvalue weighted by Gasteiger charge is 2.17. The van der Waals surface area contributed by atoms with Gasteiger partial charge in [-0.3, -0.25) is 9.78 Å². The molecular formula is C18H10F3N5O2. The van der Waals surface area contributed by atoms with Crippen LogP contribution < -0.4 is 4.74 Å². The summed E-state index contributed by atoms with van der Waals surface area (Å²) >= 11 is 0. The smallest absolute Gasteiger partial charge is 0.256 e. The van der Waals surface area contributed by atoms with Crippen LogP contribution in [0.15, 0.2) is 49.2 Å². The SMILES string of the molecule is O=C(Cc1ccc(F)cn1)c1cc(Oc2cc(F)cnc2F)cn2ncnc12. The first-order valence-corrected chi connectivity index (χ1v) is 7.95. The summed E-state index contributed by atoms with van der Waals surface area (Å²) in [6.45, 7) is 0. The Bertz CT molecular complexity index is 1180. The van der Waals surface area contributed by atoms with Crippen LogP contribution in [0.1, 0.15) is 16.1 Å². The van der Waals surface area contributed by atoms with Crippen molar-refractivity contribution in [1.29, 1.82) is 0 Å². The zero-order valence-corrected chi connectivity index (χ0v) is 14.0. The number of carbonyl (C=O) groups is 1. The van der Waals surface area contributed by atoms with E-state index in [1.165, 1.54) is 35.2 Å². The van der Waals surface area contributed by atoms with Crippen molar-refractivity contribution in [2.45, 2.75) is 6.42 Å². The first kappa shape index (κ1) is 17.6. The molecule has 0 aliphatic carbocycles. The molecule has 0 aliphatic rings. The molecule has 4 aromatic heterocycles. The van der Waals surface area contributed by atoms with Gasteiger partial charge in [-0.15, -0.1) is 0 Å². The van der Waals surface area contributed by atoms with Crippen LogP contribution in [0.25, 0.3) is 5.65 Å². The van der Waals surface area contributed by atoms with Crippen molar-refractivity contribution in [3.8, 4) is 11.5 Å². The van der Waals surface area contributed by atoms with Gasteiger partial charge in [-0.05, 0) is 18.2 Å². The molecule has 4 aromatic rings. The maximum atomic E-state index is 13.7. The highest BCUT2D eigenvalue weighted by Crippen LogP contribution is 2.26. The Morgan fingerprint density at radius 3 is 2.64 bits per heavy atom. The number of Topliss-reactive ketones (excluding diaryl/α,β-unsaturated/α-hetero) is 1. The Morgan fingerprint density at radius 2 is 1.86 bits per heavy atom. The summed E-state index contributed by atoms with van der Waals surface area (Å²) in [6.07, 6.45) is 4.19. The second-order valence-corrected chi connectivity index (χ2v) is 5.73. The number of pyridine rings is 3. The second-order valence-electron chi connectivity index (χ2n) is 5.73. The van der Waals surface area contributed by atoms with Gasteiger partial charge in [-0.1, -0.05) is 0 Å². The maximum Gasteiger partial charge on any atom is 0.256 e. The Labute approximate surface area is 155 Å². The second kappa shape index (κ2) is 7.06. The Morgan fingerprint density at radius 1 is 1.04 bits per heavy atom. The van der Waals surface area contributed by atoms with Crippen LogP contribution in [0.2, 0.25) is 0 Å². The van der Waals surface area contributed by atoms with Crippen molar-refractivity contribution in [2.75, 3.05) is 0 Å². The lowest BCUT2D eigenvalue weighted by atomic mass is 10.1. The van der Waals surface area contributed by atoms with Crippen LogP contribution in [-0.4, -0.2) is 30.3 Å². The normalized spacial score (nSPS) is 11.0. The number of ether oxygens (including phenoxy) is 1. The van der Waals surface area contributed by atoms with Crippen LogP contribution in [0, 0.1) is 17.6 Å². The fourth-order valence-electron chi connectivity index (χ4n) is 2.54. The van der Waals surface area contributed by atoms with E-state index in [1.807, 2.05) is 0 Å². The summed E-state index contributed by atoms with van der Waals surface area (Å²) in [5.41, 5.74) is 0.735. The molecule has 0 radical (unpaired) electrons. The van der Waals surface area contributed by atoms with Crippen molar-refractivity contribution in [1.82, 2.24) is 24.6 Å². The fourth-order valence-corrected chi connectivity index (χ4v) is 2.54. The highest BCUT2D eigenvalue weighted by atomic mass is 19.1. The lowest BCUT2D eigenvalue weighted by molar-refractivity contribution is 0.0992. The lowest BCUT2D eigenvalue weighted by Gasteiger charge is -2.09. The van der Waals surface area contributed by atoms with Crippen molar-refractivity contribution in [3.05, 3.63) is 78.0 Å². The summed E-state index contributed by atoms with van der Waals surface area (Å²) in [5, 5.41) is 3.95. The first-order valence-electron chi connectivity index (χ1n) is 7.95. The summed E-state index contributed by atoms with van der Waals surface area (Å²) in [6, 6.07) is 4.75. The molecule has 10 heteroatoms. The zero-order chi connectivity index (χ0) is 19.7. The Kier molecular flexibility index (Phi) is 4.44. The number of hydrogen-bond acceptors (Lipinski definition) is 6. The molecule has 0 bridgehead atoms. The van der Waals surface area contributed by atoms with Crippen molar-refractivity contribution in [3.63, 3.8) is 0 Å². The minimum atomic E-state index is -1.01. The number of hydrogen-bond donors (Lipinski definition) is 0. The van der Waals surface area contributed by atoms with E-state index in [-0.39, 0.29) is 29.2 Å². The molecule has 140 valence electrons. The van der Waals surface area contributed by atoms with Crippen molar-refractivity contribution >= 4 is 11.4 Å². The third kappa shape index (κ3) is 3.52. The average Bonchev–Trinajstić information content (AvgIpc) is 3.14. The minimum absolute atomic E-state index is 0.0275. The van der Waals surface area contributed by atoms with Gasteiger partial charge >= 0.3 is 0 Å².